The van der Waals surface area contributed by atoms with Crippen molar-refractivity contribution in [1.82, 2.24) is 0 Å². The molecular weight excluding hydrogens is 424 g/mol. The molecule has 0 bridgehead atoms. The van der Waals surface area contributed by atoms with Crippen molar-refractivity contribution in [3.63, 3.8) is 0 Å². The molecule has 0 saturated heterocycles. The van der Waals surface area contributed by atoms with Crippen LogP contribution in [0, 0.1) is 6.92 Å². The summed E-state index contributed by atoms with van der Waals surface area (Å²) in [6.07, 6.45) is 0. The minimum atomic E-state index is -2.52. The summed E-state index contributed by atoms with van der Waals surface area (Å²) in [4.78, 5) is 0. The van der Waals surface area contributed by atoms with Crippen molar-refractivity contribution in [1.29, 1.82) is 0 Å². The molecule has 0 aliphatic carbocycles. The van der Waals surface area contributed by atoms with Crippen LogP contribution in [0.15, 0.2) is 127 Å². The average Bonchev–Trinajstić information content (AvgIpc) is 3.22. The van der Waals surface area contributed by atoms with E-state index in [0.717, 1.165) is 0 Å². The summed E-state index contributed by atoms with van der Waals surface area (Å²) in [6, 6.07) is 47.9. The lowest BCUT2D eigenvalue weighted by Gasteiger charge is -2.32. The Balaban J connectivity index is 1.77. The van der Waals surface area contributed by atoms with E-state index in [1.807, 2.05) is 0 Å². The third-order valence-corrected chi connectivity index (χ3v) is 12.5. The lowest BCUT2D eigenvalue weighted by Crippen LogP contribution is -2.73. The average molecular weight is 449 g/mol. The lowest BCUT2D eigenvalue weighted by molar-refractivity contribution is 1.51. The van der Waals surface area contributed by atoms with Crippen LogP contribution in [-0.2, 0) is 0 Å². The van der Waals surface area contributed by atoms with E-state index in [4.69, 9.17) is 0 Å². The quantitative estimate of drug-likeness (QED) is 0.299. The topological polar surface area (TPSA) is 0 Å². The van der Waals surface area contributed by atoms with Crippen LogP contribution in [0.2, 0.25) is 0 Å². The molecule has 6 aromatic carbocycles. The van der Waals surface area contributed by atoms with Gasteiger partial charge in [-0.1, -0.05) is 133 Å². The number of fused-ring (bicyclic) bond motifs is 7. The zero-order valence-electron chi connectivity index (χ0n) is 19.1. The van der Waals surface area contributed by atoms with Gasteiger partial charge in [-0.05, 0) is 60.3 Å². The van der Waals surface area contributed by atoms with Gasteiger partial charge in [0.2, 0.25) is 0 Å². The first-order chi connectivity index (χ1) is 16.8. The first-order valence-electron chi connectivity index (χ1n) is 12.0. The summed E-state index contributed by atoms with van der Waals surface area (Å²) in [5.74, 6) is 0. The van der Waals surface area contributed by atoms with E-state index in [2.05, 4.69) is 134 Å². The van der Waals surface area contributed by atoms with Crippen LogP contribution in [-0.4, -0.2) is 8.07 Å². The Morgan fingerprint density at radius 1 is 0.500 bits per heavy atom. The SMILES string of the molecule is Cc1ccc2ccc3c(c2c1)-c1ccc2ccccc2c1[Si]3(c1ccccc1)c1ccccc1. The maximum Gasteiger partial charge on any atom is 0.181 e. The van der Waals surface area contributed by atoms with Crippen LogP contribution in [0.25, 0.3) is 32.7 Å². The Morgan fingerprint density at radius 3 is 1.82 bits per heavy atom. The van der Waals surface area contributed by atoms with E-state index < -0.39 is 8.07 Å². The second kappa shape index (κ2) is 7.28. The first-order valence-corrected chi connectivity index (χ1v) is 14.0. The van der Waals surface area contributed by atoms with Crippen molar-refractivity contribution < 1.29 is 0 Å². The molecule has 1 heterocycles. The second-order valence-corrected chi connectivity index (χ2v) is 13.1. The molecule has 7 rings (SSSR count). The van der Waals surface area contributed by atoms with Gasteiger partial charge in [0.05, 0.1) is 0 Å². The summed E-state index contributed by atoms with van der Waals surface area (Å²) < 4.78 is 0. The minimum Gasteiger partial charge on any atom is -0.0623 e. The van der Waals surface area contributed by atoms with E-state index >= 15 is 0 Å². The molecule has 160 valence electrons. The third kappa shape index (κ3) is 2.53. The molecular formula is C33H24Si. The van der Waals surface area contributed by atoms with Gasteiger partial charge in [0.1, 0.15) is 0 Å². The first kappa shape index (κ1) is 19.5. The summed E-state index contributed by atoms with van der Waals surface area (Å²) in [7, 11) is -2.52. The maximum absolute atomic E-state index is 2.52. The lowest BCUT2D eigenvalue weighted by atomic mass is 9.95. The molecule has 1 heteroatoms. The van der Waals surface area contributed by atoms with Crippen LogP contribution in [0.3, 0.4) is 0 Å². The molecule has 0 radical (unpaired) electrons. The van der Waals surface area contributed by atoms with Gasteiger partial charge in [0.15, 0.2) is 8.07 Å². The normalized spacial score (nSPS) is 13.7. The van der Waals surface area contributed by atoms with E-state index in [1.165, 1.54) is 59.0 Å². The fourth-order valence-corrected chi connectivity index (χ4v) is 11.6. The van der Waals surface area contributed by atoms with Crippen molar-refractivity contribution >= 4 is 50.4 Å². The highest BCUT2D eigenvalue weighted by molar-refractivity contribution is 7.23. The second-order valence-electron chi connectivity index (χ2n) is 9.40. The zero-order valence-corrected chi connectivity index (χ0v) is 20.1. The van der Waals surface area contributed by atoms with Crippen molar-refractivity contribution in [3.05, 3.63) is 133 Å². The van der Waals surface area contributed by atoms with Gasteiger partial charge in [-0.25, -0.2) is 0 Å². The van der Waals surface area contributed by atoms with Crippen molar-refractivity contribution in [3.8, 4) is 11.1 Å². The summed E-state index contributed by atoms with van der Waals surface area (Å²) in [5.41, 5.74) is 4.15. The van der Waals surface area contributed by atoms with Crippen LogP contribution in [0.5, 0.6) is 0 Å². The molecule has 0 nitrogen and oxygen atoms in total. The van der Waals surface area contributed by atoms with Crippen LogP contribution >= 0.6 is 0 Å². The van der Waals surface area contributed by atoms with Crippen LogP contribution in [0.4, 0.5) is 0 Å². The zero-order chi connectivity index (χ0) is 22.7. The number of rotatable bonds is 2. The van der Waals surface area contributed by atoms with Crippen molar-refractivity contribution in [2.24, 2.45) is 0 Å². The molecule has 0 fully saturated rings. The highest BCUT2D eigenvalue weighted by Gasteiger charge is 2.49. The monoisotopic (exact) mass is 448 g/mol. The Morgan fingerprint density at radius 2 is 1.09 bits per heavy atom. The summed E-state index contributed by atoms with van der Waals surface area (Å²) in [6.45, 7) is 2.20. The molecule has 0 N–H and O–H groups in total. The van der Waals surface area contributed by atoms with Gasteiger partial charge < -0.3 is 0 Å². The van der Waals surface area contributed by atoms with E-state index in [0.29, 0.717) is 0 Å². The Kier molecular flexibility index (Phi) is 4.18. The number of hydrogen-bond donors (Lipinski definition) is 0. The predicted octanol–water partition coefficient (Wildman–Crippen LogP) is 5.66. The number of benzene rings is 6. The van der Waals surface area contributed by atoms with Crippen molar-refractivity contribution in [2.75, 3.05) is 0 Å². The Labute approximate surface area is 201 Å². The Hall–Kier alpha value is -3.94. The van der Waals surface area contributed by atoms with E-state index in [1.54, 1.807) is 0 Å². The van der Waals surface area contributed by atoms with Crippen molar-refractivity contribution in [2.45, 2.75) is 6.92 Å². The van der Waals surface area contributed by atoms with Gasteiger partial charge in [0.25, 0.3) is 0 Å². The van der Waals surface area contributed by atoms with Crippen LogP contribution in [0.1, 0.15) is 5.56 Å². The van der Waals surface area contributed by atoms with E-state index in [9.17, 15) is 0 Å². The highest BCUT2D eigenvalue weighted by atomic mass is 28.3. The van der Waals surface area contributed by atoms with Gasteiger partial charge in [0, 0.05) is 0 Å². The summed E-state index contributed by atoms with van der Waals surface area (Å²) in [5, 5.41) is 11.3. The predicted molar refractivity (Wildman–Crippen MR) is 149 cm³/mol. The summed E-state index contributed by atoms with van der Waals surface area (Å²) >= 11 is 0. The molecule has 0 spiro atoms. The maximum atomic E-state index is 2.44. The van der Waals surface area contributed by atoms with Gasteiger partial charge >= 0.3 is 0 Å². The molecule has 0 unspecified atom stereocenters. The highest BCUT2D eigenvalue weighted by Crippen LogP contribution is 2.37. The molecule has 0 saturated carbocycles. The molecule has 0 aromatic heterocycles. The van der Waals surface area contributed by atoms with E-state index in [-0.39, 0.29) is 0 Å². The smallest absolute Gasteiger partial charge is 0.0623 e. The molecule has 1 aliphatic rings. The van der Waals surface area contributed by atoms with Gasteiger partial charge in [-0.2, -0.15) is 0 Å². The molecule has 0 amide bonds. The number of aryl methyl sites for hydroxylation is 1. The third-order valence-electron chi connectivity index (χ3n) is 7.57. The fourth-order valence-electron chi connectivity index (χ4n) is 6.20. The van der Waals surface area contributed by atoms with Gasteiger partial charge in [-0.15, -0.1) is 0 Å². The van der Waals surface area contributed by atoms with Crippen LogP contribution < -0.4 is 20.7 Å². The minimum absolute atomic E-state index is 1.31. The fraction of sp³-hybridized carbons (Fsp3) is 0.0303. The number of hydrogen-bond acceptors (Lipinski definition) is 0. The largest absolute Gasteiger partial charge is 0.181 e. The molecule has 34 heavy (non-hydrogen) atoms. The molecule has 6 aromatic rings. The molecule has 0 atom stereocenters. The standard InChI is InChI=1S/C33H24Si/c1-23-16-17-25-19-21-31-32(30(25)22-23)29-20-18-24-10-8-9-15-28(24)33(29)34(31,26-11-4-2-5-12-26)27-13-6-3-7-14-27/h2-22H,1H3. The molecule has 1 aliphatic heterocycles. The Bertz CT molecular complexity index is 1660. The van der Waals surface area contributed by atoms with Gasteiger partial charge in [-0.3, -0.25) is 0 Å².